The molecule has 2 heterocycles. The van der Waals surface area contributed by atoms with Crippen molar-refractivity contribution in [3.63, 3.8) is 0 Å². The third-order valence-corrected chi connectivity index (χ3v) is 2.74. The van der Waals surface area contributed by atoms with Crippen molar-refractivity contribution in [2.75, 3.05) is 0 Å². The van der Waals surface area contributed by atoms with Gasteiger partial charge in [-0.3, -0.25) is 4.98 Å². The summed E-state index contributed by atoms with van der Waals surface area (Å²) in [5.41, 5.74) is 2.64. The van der Waals surface area contributed by atoms with Crippen molar-refractivity contribution < 1.29 is 5.11 Å². The van der Waals surface area contributed by atoms with Gasteiger partial charge in [0.1, 0.15) is 6.10 Å². The average Bonchev–Trinajstić information content (AvgIpc) is 2.77. The quantitative estimate of drug-likeness (QED) is 0.881. The molecule has 0 saturated heterocycles. The normalized spacial score (nSPS) is 13.0. The van der Waals surface area contributed by atoms with Crippen molar-refractivity contribution >= 4 is 0 Å². The highest BCUT2D eigenvalue weighted by Crippen LogP contribution is 2.23. The molecule has 0 bridgehead atoms. The van der Waals surface area contributed by atoms with Crippen molar-refractivity contribution in [1.29, 1.82) is 0 Å². The minimum atomic E-state index is -0.674. The van der Waals surface area contributed by atoms with E-state index in [9.17, 15) is 5.11 Å². The summed E-state index contributed by atoms with van der Waals surface area (Å²) in [4.78, 5) is 8.19. The van der Waals surface area contributed by atoms with Gasteiger partial charge in [0.2, 0.25) is 0 Å². The average molecular weight is 231 g/mol. The van der Waals surface area contributed by atoms with Gasteiger partial charge in [-0.1, -0.05) is 6.07 Å². The van der Waals surface area contributed by atoms with Gasteiger partial charge < -0.3 is 9.67 Å². The zero-order valence-corrected chi connectivity index (χ0v) is 10.3. The number of pyridine rings is 1. The molecule has 2 aromatic rings. The van der Waals surface area contributed by atoms with Gasteiger partial charge in [0.05, 0.1) is 18.2 Å². The van der Waals surface area contributed by atoms with E-state index in [4.69, 9.17) is 0 Å². The Hall–Kier alpha value is -1.68. The smallest absolute Gasteiger partial charge is 0.122 e. The molecule has 1 unspecified atom stereocenters. The van der Waals surface area contributed by atoms with Gasteiger partial charge in [0, 0.05) is 24.0 Å². The van der Waals surface area contributed by atoms with Crippen LogP contribution in [0.1, 0.15) is 42.8 Å². The molecule has 17 heavy (non-hydrogen) atoms. The Labute approximate surface area is 101 Å². The van der Waals surface area contributed by atoms with Crippen LogP contribution in [0, 0.1) is 6.92 Å². The highest BCUT2D eigenvalue weighted by molar-refractivity contribution is 5.25. The first kappa shape index (κ1) is 11.8. The van der Waals surface area contributed by atoms with Gasteiger partial charge in [0.15, 0.2) is 0 Å². The lowest BCUT2D eigenvalue weighted by Gasteiger charge is -2.16. The van der Waals surface area contributed by atoms with Crippen LogP contribution in [0.15, 0.2) is 31.0 Å². The van der Waals surface area contributed by atoms with Crippen molar-refractivity contribution in [2.45, 2.75) is 32.9 Å². The van der Waals surface area contributed by atoms with Crippen LogP contribution in [0.25, 0.3) is 0 Å². The van der Waals surface area contributed by atoms with Crippen LogP contribution in [-0.2, 0) is 0 Å². The number of aliphatic hydroxyl groups is 1. The van der Waals surface area contributed by atoms with Crippen molar-refractivity contribution in [3.8, 4) is 0 Å². The molecule has 0 aromatic carbocycles. The van der Waals surface area contributed by atoms with Crippen LogP contribution in [0.4, 0.5) is 0 Å². The second-order valence-corrected chi connectivity index (χ2v) is 4.52. The molecule has 1 N–H and O–H groups in total. The van der Waals surface area contributed by atoms with Crippen LogP contribution >= 0.6 is 0 Å². The van der Waals surface area contributed by atoms with Gasteiger partial charge in [-0.2, -0.15) is 0 Å². The van der Waals surface area contributed by atoms with E-state index in [1.807, 2.05) is 17.6 Å². The molecular formula is C13H17N3O. The summed E-state index contributed by atoms with van der Waals surface area (Å²) in [5.74, 6) is 0. The van der Waals surface area contributed by atoms with Crippen molar-refractivity contribution in [2.24, 2.45) is 0 Å². The summed E-state index contributed by atoms with van der Waals surface area (Å²) in [6, 6.07) is 2.22. The number of imidazole rings is 1. The lowest BCUT2D eigenvalue weighted by atomic mass is 10.1. The number of hydrogen-bond acceptors (Lipinski definition) is 3. The zero-order chi connectivity index (χ0) is 12.4. The Morgan fingerprint density at radius 1 is 1.18 bits per heavy atom. The Balaban J connectivity index is 2.37. The number of aliphatic hydroxyl groups excluding tert-OH is 1. The molecule has 0 aliphatic carbocycles. The van der Waals surface area contributed by atoms with Crippen LogP contribution in [0.2, 0.25) is 0 Å². The zero-order valence-electron chi connectivity index (χ0n) is 10.3. The molecule has 0 saturated carbocycles. The summed E-state index contributed by atoms with van der Waals surface area (Å²) in [6.45, 7) is 6.09. The number of hydrogen-bond donors (Lipinski definition) is 1. The van der Waals surface area contributed by atoms with Gasteiger partial charge in [-0.25, -0.2) is 4.98 Å². The number of aryl methyl sites for hydroxylation is 1. The second-order valence-electron chi connectivity index (χ2n) is 4.52. The molecule has 2 aromatic heterocycles. The second kappa shape index (κ2) is 4.67. The van der Waals surface area contributed by atoms with Crippen LogP contribution in [0.3, 0.4) is 0 Å². The van der Waals surface area contributed by atoms with E-state index in [2.05, 4.69) is 23.8 Å². The van der Waals surface area contributed by atoms with E-state index in [0.717, 1.165) is 16.8 Å². The summed E-state index contributed by atoms with van der Waals surface area (Å²) >= 11 is 0. The first-order valence-electron chi connectivity index (χ1n) is 5.71. The standard InChI is InChI=1S/C13H17N3O/c1-9(2)16-8-15-7-12(16)13(17)11-4-10(3)5-14-6-11/h4-9,13,17H,1-3H3. The predicted molar refractivity (Wildman–Crippen MR) is 65.6 cm³/mol. The SMILES string of the molecule is Cc1cncc(C(O)c2cncn2C(C)C)c1. The lowest BCUT2D eigenvalue weighted by molar-refractivity contribution is 0.207. The van der Waals surface area contributed by atoms with E-state index >= 15 is 0 Å². The fourth-order valence-corrected chi connectivity index (χ4v) is 1.86. The van der Waals surface area contributed by atoms with E-state index in [1.54, 1.807) is 24.9 Å². The van der Waals surface area contributed by atoms with Crippen molar-refractivity contribution in [3.05, 3.63) is 47.8 Å². The monoisotopic (exact) mass is 231 g/mol. The molecule has 90 valence electrons. The van der Waals surface area contributed by atoms with E-state index < -0.39 is 6.10 Å². The topological polar surface area (TPSA) is 50.9 Å². The highest BCUT2D eigenvalue weighted by atomic mass is 16.3. The van der Waals surface area contributed by atoms with Crippen LogP contribution in [-0.4, -0.2) is 19.6 Å². The number of aromatic nitrogens is 3. The van der Waals surface area contributed by atoms with Gasteiger partial charge in [-0.15, -0.1) is 0 Å². The largest absolute Gasteiger partial charge is 0.382 e. The van der Waals surface area contributed by atoms with Gasteiger partial charge in [-0.05, 0) is 26.3 Å². The molecule has 0 spiro atoms. The maximum absolute atomic E-state index is 10.3. The van der Waals surface area contributed by atoms with Gasteiger partial charge >= 0.3 is 0 Å². The third kappa shape index (κ3) is 2.36. The summed E-state index contributed by atoms with van der Waals surface area (Å²) in [6.07, 6.45) is 6.23. The molecule has 4 heteroatoms. The predicted octanol–water partition coefficient (Wildman–Crippen LogP) is 2.25. The summed E-state index contributed by atoms with van der Waals surface area (Å²) in [5, 5.41) is 10.3. The maximum atomic E-state index is 10.3. The third-order valence-electron chi connectivity index (χ3n) is 2.74. The maximum Gasteiger partial charge on any atom is 0.122 e. The minimum absolute atomic E-state index is 0.278. The lowest BCUT2D eigenvalue weighted by Crippen LogP contribution is -2.10. The van der Waals surface area contributed by atoms with Crippen LogP contribution in [0.5, 0.6) is 0 Å². The molecule has 1 atom stereocenters. The summed E-state index contributed by atoms with van der Waals surface area (Å²) < 4.78 is 1.97. The molecule has 0 radical (unpaired) electrons. The van der Waals surface area contributed by atoms with Crippen LogP contribution < -0.4 is 0 Å². The number of nitrogens with zero attached hydrogens (tertiary/aromatic N) is 3. The van der Waals surface area contributed by atoms with Gasteiger partial charge in [0.25, 0.3) is 0 Å². The molecular weight excluding hydrogens is 214 g/mol. The Morgan fingerprint density at radius 2 is 1.94 bits per heavy atom. The Morgan fingerprint density at radius 3 is 2.59 bits per heavy atom. The Bertz CT molecular complexity index is 505. The Kier molecular flexibility index (Phi) is 3.24. The van der Waals surface area contributed by atoms with E-state index in [1.165, 1.54) is 0 Å². The molecule has 0 fully saturated rings. The highest BCUT2D eigenvalue weighted by Gasteiger charge is 2.16. The fourth-order valence-electron chi connectivity index (χ4n) is 1.86. The molecule has 2 rings (SSSR count). The fraction of sp³-hybridized carbons (Fsp3) is 0.385. The molecule has 0 amide bonds. The number of rotatable bonds is 3. The van der Waals surface area contributed by atoms with E-state index in [0.29, 0.717) is 0 Å². The minimum Gasteiger partial charge on any atom is -0.382 e. The molecule has 0 aliphatic rings. The van der Waals surface area contributed by atoms with E-state index in [-0.39, 0.29) is 6.04 Å². The first-order valence-corrected chi connectivity index (χ1v) is 5.71. The van der Waals surface area contributed by atoms with Crippen molar-refractivity contribution in [1.82, 2.24) is 14.5 Å². The summed E-state index contributed by atoms with van der Waals surface area (Å²) in [7, 11) is 0. The molecule has 4 nitrogen and oxygen atoms in total. The first-order chi connectivity index (χ1) is 8.09. The molecule has 0 aliphatic heterocycles.